The van der Waals surface area contributed by atoms with E-state index in [1.807, 2.05) is 18.2 Å². The molecule has 0 aliphatic carbocycles. The highest BCUT2D eigenvalue weighted by Gasteiger charge is 2.07. The number of aromatic nitrogens is 2. The molecule has 0 aliphatic rings. The average molecular weight is 242 g/mol. The van der Waals surface area contributed by atoms with E-state index in [2.05, 4.69) is 15.3 Å². The number of nitrogens with zero attached hydrogens (tertiary/aromatic N) is 2. The number of carbonyl (C=O) groups is 1. The molecular formula is C13H14N4O. The first-order chi connectivity index (χ1) is 8.65. The van der Waals surface area contributed by atoms with Crippen molar-refractivity contribution in [2.75, 3.05) is 5.73 Å². The number of carbonyl (C=O) groups excluding carboxylic acids is 1. The number of hydrogen-bond donors (Lipinski definition) is 2. The van der Waals surface area contributed by atoms with Gasteiger partial charge in [0.25, 0.3) is 5.91 Å². The Bertz CT molecular complexity index is 534. The normalized spacial score (nSPS) is 10.1. The minimum atomic E-state index is -0.183. The molecule has 2 aromatic heterocycles. The first kappa shape index (κ1) is 12.0. The average Bonchev–Trinajstić information content (AvgIpc) is 2.36. The molecule has 0 bridgehead atoms. The van der Waals surface area contributed by atoms with E-state index in [0.29, 0.717) is 17.9 Å². The van der Waals surface area contributed by atoms with Crippen LogP contribution in [0, 0.1) is 6.92 Å². The smallest absolute Gasteiger partial charge is 0.251 e. The first-order valence-corrected chi connectivity index (χ1v) is 5.57. The van der Waals surface area contributed by atoms with Gasteiger partial charge in [-0.25, -0.2) is 4.98 Å². The van der Waals surface area contributed by atoms with Gasteiger partial charge in [0.05, 0.1) is 12.2 Å². The second kappa shape index (κ2) is 5.27. The summed E-state index contributed by atoms with van der Waals surface area (Å²) in [7, 11) is 0. The van der Waals surface area contributed by atoms with Crippen molar-refractivity contribution in [3.8, 4) is 0 Å². The predicted octanol–water partition coefficient (Wildman–Crippen LogP) is 1.30. The third kappa shape index (κ3) is 3.04. The van der Waals surface area contributed by atoms with Crippen molar-refractivity contribution in [1.82, 2.24) is 15.3 Å². The van der Waals surface area contributed by atoms with Gasteiger partial charge in [-0.1, -0.05) is 6.07 Å². The standard InChI is InChI=1S/C13H14N4O/c1-9-6-10(7-12(14)17-9)13(18)16-8-11-4-2-3-5-15-11/h2-7H,8H2,1H3,(H2,14,17)(H,16,18). The van der Waals surface area contributed by atoms with Crippen molar-refractivity contribution in [2.45, 2.75) is 13.5 Å². The van der Waals surface area contributed by atoms with Crippen LogP contribution in [0.1, 0.15) is 21.7 Å². The summed E-state index contributed by atoms with van der Waals surface area (Å²) in [5.41, 5.74) is 7.64. The number of rotatable bonds is 3. The number of aryl methyl sites for hydroxylation is 1. The van der Waals surface area contributed by atoms with Crippen LogP contribution in [0.25, 0.3) is 0 Å². The number of nitrogen functional groups attached to an aromatic ring is 1. The van der Waals surface area contributed by atoms with Gasteiger partial charge >= 0.3 is 0 Å². The lowest BCUT2D eigenvalue weighted by Gasteiger charge is -2.06. The Labute approximate surface area is 105 Å². The molecule has 5 heteroatoms. The molecule has 1 amide bonds. The van der Waals surface area contributed by atoms with Crippen LogP contribution >= 0.6 is 0 Å². The van der Waals surface area contributed by atoms with Gasteiger partial charge in [0.15, 0.2) is 0 Å². The maximum atomic E-state index is 11.9. The van der Waals surface area contributed by atoms with Gasteiger partial charge in [0.1, 0.15) is 5.82 Å². The fraction of sp³-hybridized carbons (Fsp3) is 0.154. The summed E-state index contributed by atoms with van der Waals surface area (Å²) >= 11 is 0. The highest BCUT2D eigenvalue weighted by molar-refractivity contribution is 5.94. The molecule has 3 N–H and O–H groups in total. The highest BCUT2D eigenvalue weighted by Crippen LogP contribution is 2.07. The molecule has 0 unspecified atom stereocenters. The zero-order valence-electron chi connectivity index (χ0n) is 10.1. The number of hydrogen-bond acceptors (Lipinski definition) is 4. The maximum Gasteiger partial charge on any atom is 0.251 e. The molecule has 0 saturated carbocycles. The Hall–Kier alpha value is -2.43. The van der Waals surface area contributed by atoms with E-state index in [0.717, 1.165) is 11.4 Å². The van der Waals surface area contributed by atoms with Crippen molar-refractivity contribution in [3.63, 3.8) is 0 Å². The fourth-order valence-electron chi connectivity index (χ4n) is 1.60. The van der Waals surface area contributed by atoms with Gasteiger partial charge < -0.3 is 11.1 Å². The fourth-order valence-corrected chi connectivity index (χ4v) is 1.60. The number of nitrogens with two attached hydrogens (primary N) is 1. The molecule has 0 aromatic carbocycles. The molecule has 0 fully saturated rings. The Balaban J connectivity index is 2.04. The van der Waals surface area contributed by atoms with Crippen molar-refractivity contribution >= 4 is 11.7 Å². The van der Waals surface area contributed by atoms with E-state index in [9.17, 15) is 4.79 Å². The number of anilines is 1. The predicted molar refractivity (Wildman–Crippen MR) is 68.8 cm³/mol. The number of pyridine rings is 2. The lowest BCUT2D eigenvalue weighted by Crippen LogP contribution is -2.23. The van der Waals surface area contributed by atoms with Crippen LogP contribution in [-0.4, -0.2) is 15.9 Å². The van der Waals surface area contributed by atoms with E-state index in [1.165, 1.54) is 0 Å². The van der Waals surface area contributed by atoms with E-state index >= 15 is 0 Å². The highest BCUT2D eigenvalue weighted by atomic mass is 16.1. The minimum absolute atomic E-state index is 0.183. The van der Waals surface area contributed by atoms with Crippen LogP contribution in [-0.2, 0) is 6.54 Å². The zero-order valence-corrected chi connectivity index (χ0v) is 10.1. The molecular weight excluding hydrogens is 228 g/mol. The zero-order chi connectivity index (χ0) is 13.0. The van der Waals surface area contributed by atoms with Crippen molar-refractivity contribution < 1.29 is 4.79 Å². The SMILES string of the molecule is Cc1cc(C(=O)NCc2ccccn2)cc(N)n1. The van der Waals surface area contributed by atoms with Crippen LogP contribution in [0.5, 0.6) is 0 Å². The second-order valence-corrected chi connectivity index (χ2v) is 3.93. The lowest BCUT2D eigenvalue weighted by molar-refractivity contribution is 0.0950. The molecule has 0 saturated heterocycles. The van der Waals surface area contributed by atoms with Crippen molar-refractivity contribution in [2.24, 2.45) is 0 Å². The number of nitrogens with one attached hydrogen (secondary N) is 1. The monoisotopic (exact) mass is 242 g/mol. The van der Waals surface area contributed by atoms with Gasteiger partial charge in [-0.05, 0) is 31.2 Å². The summed E-state index contributed by atoms with van der Waals surface area (Å²) < 4.78 is 0. The Morgan fingerprint density at radius 1 is 1.39 bits per heavy atom. The van der Waals surface area contributed by atoms with E-state index < -0.39 is 0 Å². The molecule has 5 nitrogen and oxygen atoms in total. The Kier molecular flexibility index (Phi) is 3.52. The van der Waals surface area contributed by atoms with Gasteiger partial charge in [-0.15, -0.1) is 0 Å². The Morgan fingerprint density at radius 2 is 2.22 bits per heavy atom. The number of amides is 1. The molecule has 2 rings (SSSR count). The van der Waals surface area contributed by atoms with Gasteiger partial charge in [-0.2, -0.15) is 0 Å². The maximum absolute atomic E-state index is 11.9. The summed E-state index contributed by atoms with van der Waals surface area (Å²) in [4.78, 5) is 20.0. The summed E-state index contributed by atoms with van der Waals surface area (Å²) in [6.45, 7) is 2.19. The minimum Gasteiger partial charge on any atom is -0.384 e. The summed E-state index contributed by atoms with van der Waals surface area (Å²) in [6, 6.07) is 8.82. The van der Waals surface area contributed by atoms with Crippen molar-refractivity contribution in [3.05, 3.63) is 53.5 Å². The summed E-state index contributed by atoms with van der Waals surface area (Å²) in [6.07, 6.45) is 1.69. The van der Waals surface area contributed by atoms with E-state index in [1.54, 1.807) is 25.3 Å². The summed E-state index contributed by atoms with van der Waals surface area (Å²) in [5.74, 6) is 0.163. The van der Waals surface area contributed by atoms with Crippen LogP contribution < -0.4 is 11.1 Å². The third-order valence-electron chi connectivity index (χ3n) is 2.39. The summed E-state index contributed by atoms with van der Waals surface area (Å²) in [5, 5.41) is 2.78. The van der Waals surface area contributed by atoms with Crippen LogP contribution in [0.4, 0.5) is 5.82 Å². The van der Waals surface area contributed by atoms with Gasteiger partial charge in [-0.3, -0.25) is 9.78 Å². The molecule has 0 aliphatic heterocycles. The molecule has 92 valence electrons. The van der Waals surface area contributed by atoms with Crippen molar-refractivity contribution in [1.29, 1.82) is 0 Å². The molecule has 0 radical (unpaired) electrons. The molecule has 0 spiro atoms. The van der Waals surface area contributed by atoms with E-state index in [-0.39, 0.29) is 5.91 Å². The van der Waals surface area contributed by atoms with Crippen LogP contribution in [0.3, 0.4) is 0 Å². The second-order valence-electron chi connectivity index (χ2n) is 3.93. The van der Waals surface area contributed by atoms with Crippen LogP contribution in [0.2, 0.25) is 0 Å². The first-order valence-electron chi connectivity index (χ1n) is 5.57. The third-order valence-corrected chi connectivity index (χ3v) is 2.39. The molecule has 2 aromatic rings. The topological polar surface area (TPSA) is 80.9 Å². The van der Waals surface area contributed by atoms with E-state index in [4.69, 9.17) is 5.73 Å². The molecule has 2 heterocycles. The quantitative estimate of drug-likeness (QED) is 0.850. The van der Waals surface area contributed by atoms with Gasteiger partial charge in [0, 0.05) is 17.5 Å². The van der Waals surface area contributed by atoms with Gasteiger partial charge in [0.2, 0.25) is 0 Å². The lowest BCUT2D eigenvalue weighted by atomic mass is 10.2. The molecule has 18 heavy (non-hydrogen) atoms. The Morgan fingerprint density at radius 3 is 2.89 bits per heavy atom. The molecule has 0 atom stereocenters. The van der Waals surface area contributed by atoms with Crippen LogP contribution in [0.15, 0.2) is 36.5 Å². The largest absolute Gasteiger partial charge is 0.384 e.